The number of rotatable bonds is 4. The molecule has 4 rings (SSSR count). The number of nitrogens with zero attached hydrogens (tertiary/aromatic N) is 7. The molecular formula is C18H27N7O. The van der Waals surface area contributed by atoms with Gasteiger partial charge in [0.15, 0.2) is 11.5 Å². The van der Waals surface area contributed by atoms with E-state index in [1.807, 2.05) is 17.0 Å². The van der Waals surface area contributed by atoms with Gasteiger partial charge < -0.3 is 14.7 Å². The summed E-state index contributed by atoms with van der Waals surface area (Å²) in [6, 6.07) is 3.97. The van der Waals surface area contributed by atoms with Crippen LogP contribution in [0.3, 0.4) is 0 Å². The summed E-state index contributed by atoms with van der Waals surface area (Å²) in [5.74, 6) is 1.94. The van der Waals surface area contributed by atoms with Crippen LogP contribution in [-0.2, 0) is 11.2 Å². The summed E-state index contributed by atoms with van der Waals surface area (Å²) in [6.45, 7) is 5.81. The van der Waals surface area contributed by atoms with E-state index in [9.17, 15) is 4.79 Å². The number of piperazine rings is 1. The van der Waals surface area contributed by atoms with Crippen LogP contribution in [0.25, 0.3) is 5.65 Å². The molecule has 2 fully saturated rings. The van der Waals surface area contributed by atoms with Crippen molar-refractivity contribution in [3.05, 3.63) is 18.0 Å². The molecule has 0 aromatic carbocycles. The molecule has 0 aliphatic carbocycles. The molecule has 2 aromatic rings. The maximum absolute atomic E-state index is 12.4. The van der Waals surface area contributed by atoms with E-state index in [0.29, 0.717) is 12.8 Å². The van der Waals surface area contributed by atoms with Crippen molar-refractivity contribution >= 4 is 17.4 Å². The molecule has 2 aliphatic heterocycles. The zero-order valence-electron chi connectivity index (χ0n) is 15.5. The second-order valence-electron chi connectivity index (χ2n) is 7.31. The van der Waals surface area contributed by atoms with Gasteiger partial charge in [0.05, 0.1) is 0 Å². The van der Waals surface area contributed by atoms with Crippen molar-refractivity contribution in [1.29, 1.82) is 0 Å². The van der Waals surface area contributed by atoms with Crippen molar-refractivity contribution in [3.8, 4) is 0 Å². The topological polar surface area (TPSA) is 69.9 Å². The number of aryl methyl sites for hydroxylation is 1. The predicted molar refractivity (Wildman–Crippen MR) is 99.2 cm³/mol. The Bertz CT molecular complexity index is 760. The van der Waals surface area contributed by atoms with Crippen LogP contribution < -0.4 is 4.90 Å². The number of hydrogen-bond acceptors (Lipinski definition) is 6. The van der Waals surface area contributed by atoms with Gasteiger partial charge in [-0.05, 0) is 38.4 Å². The van der Waals surface area contributed by atoms with Gasteiger partial charge in [-0.2, -0.15) is 4.52 Å². The Labute approximate surface area is 153 Å². The zero-order chi connectivity index (χ0) is 17.9. The third kappa shape index (κ3) is 3.65. The first-order valence-electron chi connectivity index (χ1n) is 9.63. The fourth-order valence-electron chi connectivity index (χ4n) is 3.70. The SMILES string of the molecule is CN1CCN(c2ccc3nnc(CCC(=O)N4CCCCC4)n3n2)CC1. The summed E-state index contributed by atoms with van der Waals surface area (Å²) in [5.41, 5.74) is 0.739. The third-order valence-corrected chi connectivity index (χ3v) is 5.41. The molecule has 4 heterocycles. The molecule has 0 bridgehead atoms. The second kappa shape index (κ2) is 7.57. The van der Waals surface area contributed by atoms with E-state index in [0.717, 1.165) is 69.4 Å². The molecule has 0 atom stereocenters. The van der Waals surface area contributed by atoms with Gasteiger partial charge in [-0.15, -0.1) is 15.3 Å². The van der Waals surface area contributed by atoms with Crippen LogP contribution in [0.15, 0.2) is 12.1 Å². The smallest absolute Gasteiger partial charge is 0.223 e. The Morgan fingerprint density at radius 2 is 1.77 bits per heavy atom. The molecule has 8 nitrogen and oxygen atoms in total. The Morgan fingerprint density at radius 3 is 2.54 bits per heavy atom. The highest BCUT2D eigenvalue weighted by atomic mass is 16.2. The molecule has 0 radical (unpaired) electrons. The zero-order valence-corrected chi connectivity index (χ0v) is 15.5. The molecule has 26 heavy (non-hydrogen) atoms. The number of likely N-dealkylation sites (tertiary alicyclic amines) is 1. The quantitative estimate of drug-likeness (QED) is 0.807. The van der Waals surface area contributed by atoms with E-state index in [1.54, 1.807) is 4.52 Å². The monoisotopic (exact) mass is 357 g/mol. The van der Waals surface area contributed by atoms with Gasteiger partial charge in [-0.3, -0.25) is 4.79 Å². The second-order valence-corrected chi connectivity index (χ2v) is 7.31. The first kappa shape index (κ1) is 17.2. The normalized spacial score (nSPS) is 19.3. The fourth-order valence-corrected chi connectivity index (χ4v) is 3.70. The van der Waals surface area contributed by atoms with Gasteiger partial charge in [0.2, 0.25) is 5.91 Å². The lowest BCUT2D eigenvalue weighted by molar-refractivity contribution is -0.132. The number of anilines is 1. The molecule has 2 aliphatic rings. The van der Waals surface area contributed by atoms with E-state index in [4.69, 9.17) is 5.10 Å². The Morgan fingerprint density at radius 1 is 1.00 bits per heavy atom. The number of hydrogen-bond donors (Lipinski definition) is 0. The van der Waals surface area contributed by atoms with Crippen LogP contribution in [0.2, 0.25) is 0 Å². The van der Waals surface area contributed by atoms with Crippen molar-refractivity contribution in [2.45, 2.75) is 32.1 Å². The lowest BCUT2D eigenvalue weighted by Gasteiger charge is -2.33. The van der Waals surface area contributed by atoms with Gasteiger partial charge in [0, 0.05) is 52.1 Å². The minimum absolute atomic E-state index is 0.219. The van der Waals surface area contributed by atoms with E-state index in [-0.39, 0.29) is 5.91 Å². The number of carbonyl (C=O) groups excluding carboxylic acids is 1. The number of carbonyl (C=O) groups is 1. The van der Waals surface area contributed by atoms with Crippen molar-refractivity contribution in [1.82, 2.24) is 29.6 Å². The van der Waals surface area contributed by atoms with Crippen LogP contribution >= 0.6 is 0 Å². The molecule has 0 saturated carbocycles. The summed E-state index contributed by atoms with van der Waals surface area (Å²) in [4.78, 5) is 19.0. The molecule has 0 N–H and O–H groups in total. The molecule has 2 saturated heterocycles. The number of likely N-dealkylation sites (N-methyl/N-ethyl adjacent to an activating group) is 1. The van der Waals surface area contributed by atoms with Crippen molar-refractivity contribution in [2.24, 2.45) is 0 Å². The molecular weight excluding hydrogens is 330 g/mol. The molecule has 2 aromatic heterocycles. The molecule has 140 valence electrons. The van der Waals surface area contributed by atoms with E-state index >= 15 is 0 Å². The van der Waals surface area contributed by atoms with Gasteiger partial charge >= 0.3 is 0 Å². The molecule has 8 heteroatoms. The van der Waals surface area contributed by atoms with Crippen LogP contribution in [-0.4, -0.2) is 81.8 Å². The average Bonchev–Trinajstić information content (AvgIpc) is 3.09. The summed E-state index contributed by atoms with van der Waals surface area (Å²) >= 11 is 0. The van der Waals surface area contributed by atoms with Crippen molar-refractivity contribution < 1.29 is 4.79 Å². The molecule has 0 unspecified atom stereocenters. The highest BCUT2D eigenvalue weighted by molar-refractivity contribution is 5.76. The number of piperidine rings is 1. The summed E-state index contributed by atoms with van der Waals surface area (Å²) in [6.07, 6.45) is 4.53. The Balaban J connectivity index is 1.45. The number of aromatic nitrogens is 4. The first-order valence-corrected chi connectivity index (χ1v) is 9.63. The van der Waals surface area contributed by atoms with Crippen molar-refractivity contribution in [2.75, 3.05) is 51.2 Å². The van der Waals surface area contributed by atoms with Crippen molar-refractivity contribution in [3.63, 3.8) is 0 Å². The Kier molecular flexibility index (Phi) is 5.01. The van der Waals surface area contributed by atoms with Gasteiger partial charge in [-0.25, -0.2) is 0 Å². The summed E-state index contributed by atoms with van der Waals surface area (Å²) < 4.78 is 1.80. The van der Waals surface area contributed by atoms with E-state index < -0.39 is 0 Å². The summed E-state index contributed by atoms with van der Waals surface area (Å²) in [5, 5.41) is 13.2. The van der Waals surface area contributed by atoms with E-state index in [1.165, 1.54) is 6.42 Å². The molecule has 0 spiro atoms. The van der Waals surface area contributed by atoms with Crippen LogP contribution in [0.4, 0.5) is 5.82 Å². The van der Waals surface area contributed by atoms with Crippen LogP contribution in [0.5, 0.6) is 0 Å². The highest BCUT2D eigenvalue weighted by Crippen LogP contribution is 2.16. The minimum atomic E-state index is 0.219. The lowest BCUT2D eigenvalue weighted by atomic mass is 10.1. The Hall–Kier alpha value is -2.22. The number of fused-ring (bicyclic) bond motifs is 1. The number of amides is 1. The van der Waals surface area contributed by atoms with Crippen LogP contribution in [0, 0.1) is 0 Å². The highest BCUT2D eigenvalue weighted by Gasteiger charge is 2.19. The van der Waals surface area contributed by atoms with Gasteiger partial charge in [-0.1, -0.05) is 0 Å². The fraction of sp³-hybridized carbons (Fsp3) is 0.667. The summed E-state index contributed by atoms with van der Waals surface area (Å²) in [7, 11) is 2.14. The standard InChI is InChI=1S/C18H27N7O/c1-22-11-13-23(14-12-22)17-6-5-15-19-20-16(25(15)21-17)7-8-18(26)24-9-3-2-4-10-24/h5-6H,2-4,7-14H2,1H3. The maximum Gasteiger partial charge on any atom is 0.223 e. The largest absolute Gasteiger partial charge is 0.353 e. The average molecular weight is 357 g/mol. The van der Waals surface area contributed by atoms with Gasteiger partial charge in [0.25, 0.3) is 0 Å². The van der Waals surface area contributed by atoms with Crippen LogP contribution in [0.1, 0.15) is 31.5 Å². The van der Waals surface area contributed by atoms with Gasteiger partial charge in [0.1, 0.15) is 5.82 Å². The van der Waals surface area contributed by atoms with E-state index in [2.05, 4.69) is 27.0 Å². The first-order chi connectivity index (χ1) is 12.7. The third-order valence-electron chi connectivity index (χ3n) is 5.41. The minimum Gasteiger partial charge on any atom is -0.353 e. The maximum atomic E-state index is 12.4. The molecule has 1 amide bonds. The lowest BCUT2D eigenvalue weighted by Crippen LogP contribution is -2.45. The predicted octanol–water partition coefficient (Wildman–Crippen LogP) is 0.821.